The molecule has 5 nitrogen and oxygen atoms in total. The largest absolute Gasteiger partial charge is 0.490 e. The van der Waals surface area contributed by atoms with Gasteiger partial charge in [-0.25, -0.2) is 0 Å². The summed E-state index contributed by atoms with van der Waals surface area (Å²) in [4.78, 5) is 14.8. The highest BCUT2D eigenvalue weighted by Gasteiger charge is 2.35. The minimum Gasteiger partial charge on any atom is -0.490 e. The van der Waals surface area contributed by atoms with Crippen LogP contribution in [0.25, 0.3) is 0 Å². The highest BCUT2D eigenvalue weighted by molar-refractivity contribution is 5.95. The molecule has 2 N–H and O–H groups in total. The number of likely N-dealkylation sites (tertiary alicyclic amines) is 1. The molecule has 1 aromatic rings. The number of nitrogens with two attached hydrogens (primary N) is 1. The van der Waals surface area contributed by atoms with Crippen molar-refractivity contribution in [1.82, 2.24) is 4.90 Å². The van der Waals surface area contributed by atoms with Gasteiger partial charge in [0.25, 0.3) is 5.91 Å². The van der Waals surface area contributed by atoms with Crippen LogP contribution in [0, 0.1) is 5.41 Å². The van der Waals surface area contributed by atoms with Gasteiger partial charge in [0, 0.05) is 24.7 Å². The number of rotatable bonds is 6. The molecule has 1 aliphatic heterocycles. The maximum Gasteiger partial charge on any atom is 0.254 e. The first-order valence-corrected chi connectivity index (χ1v) is 8.83. The lowest BCUT2D eigenvalue weighted by atomic mass is 9.79. The quantitative estimate of drug-likeness (QED) is 0.868. The van der Waals surface area contributed by atoms with Crippen LogP contribution in [-0.4, -0.2) is 43.2 Å². The molecule has 2 rings (SSSR count). The van der Waals surface area contributed by atoms with Crippen molar-refractivity contribution in [3.63, 3.8) is 0 Å². The van der Waals surface area contributed by atoms with Crippen molar-refractivity contribution in [2.45, 2.75) is 46.6 Å². The topological polar surface area (TPSA) is 64.8 Å². The van der Waals surface area contributed by atoms with E-state index in [1.54, 1.807) is 6.07 Å². The molecule has 0 aromatic heterocycles. The van der Waals surface area contributed by atoms with Crippen molar-refractivity contribution in [3.8, 4) is 11.5 Å². The molecule has 0 bridgehead atoms. The van der Waals surface area contributed by atoms with E-state index >= 15 is 0 Å². The zero-order valence-corrected chi connectivity index (χ0v) is 15.3. The molecule has 134 valence electrons. The van der Waals surface area contributed by atoms with Gasteiger partial charge in [0.2, 0.25) is 0 Å². The first-order chi connectivity index (χ1) is 11.4. The second-order valence-electron chi connectivity index (χ2n) is 7.05. The van der Waals surface area contributed by atoms with Crippen molar-refractivity contribution < 1.29 is 14.3 Å². The second kappa shape index (κ2) is 7.88. The van der Waals surface area contributed by atoms with Crippen LogP contribution in [0.5, 0.6) is 11.5 Å². The number of amides is 1. The Morgan fingerprint density at radius 2 is 2.04 bits per heavy atom. The third kappa shape index (κ3) is 4.20. The van der Waals surface area contributed by atoms with Crippen molar-refractivity contribution in [1.29, 1.82) is 0 Å². The van der Waals surface area contributed by atoms with Gasteiger partial charge in [-0.2, -0.15) is 0 Å². The smallest absolute Gasteiger partial charge is 0.254 e. The highest BCUT2D eigenvalue weighted by Crippen LogP contribution is 2.32. The van der Waals surface area contributed by atoms with Crippen molar-refractivity contribution >= 4 is 5.91 Å². The molecule has 1 aliphatic rings. The van der Waals surface area contributed by atoms with Gasteiger partial charge in [0.15, 0.2) is 11.5 Å². The number of hydrogen-bond acceptors (Lipinski definition) is 4. The second-order valence-corrected chi connectivity index (χ2v) is 7.05. The maximum absolute atomic E-state index is 12.9. The molecule has 5 heteroatoms. The molecule has 1 fully saturated rings. The van der Waals surface area contributed by atoms with E-state index in [4.69, 9.17) is 15.2 Å². The van der Waals surface area contributed by atoms with Gasteiger partial charge in [-0.15, -0.1) is 0 Å². The Hall–Kier alpha value is -1.75. The van der Waals surface area contributed by atoms with Crippen LogP contribution >= 0.6 is 0 Å². The van der Waals surface area contributed by atoms with E-state index in [1.807, 2.05) is 24.0 Å². The fourth-order valence-electron chi connectivity index (χ4n) is 2.97. The average Bonchev–Trinajstić information content (AvgIpc) is 2.55. The van der Waals surface area contributed by atoms with E-state index < -0.39 is 0 Å². The molecule has 1 saturated heterocycles. The van der Waals surface area contributed by atoms with Crippen LogP contribution < -0.4 is 15.2 Å². The van der Waals surface area contributed by atoms with Crippen LogP contribution in [0.3, 0.4) is 0 Å². The molecular formula is C19H30N2O3. The Kier molecular flexibility index (Phi) is 6.10. The molecule has 1 amide bonds. The Labute approximate surface area is 145 Å². The molecule has 0 aliphatic carbocycles. The van der Waals surface area contributed by atoms with Gasteiger partial charge < -0.3 is 20.1 Å². The summed E-state index contributed by atoms with van der Waals surface area (Å²) in [5.74, 6) is 1.35. The first kappa shape index (κ1) is 18.6. The number of nitrogens with zero attached hydrogens (tertiary/aromatic N) is 1. The molecule has 1 atom stereocenters. The van der Waals surface area contributed by atoms with Crippen molar-refractivity contribution in [3.05, 3.63) is 23.8 Å². The zero-order valence-electron chi connectivity index (χ0n) is 15.3. The van der Waals surface area contributed by atoms with E-state index in [0.29, 0.717) is 43.4 Å². The number of piperidine rings is 1. The molecule has 0 spiro atoms. The van der Waals surface area contributed by atoms with Gasteiger partial charge in [0.05, 0.1) is 13.2 Å². The van der Waals surface area contributed by atoms with Gasteiger partial charge in [-0.3, -0.25) is 4.79 Å². The van der Waals surface area contributed by atoms with Crippen molar-refractivity contribution in [2.75, 3.05) is 26.3 Å². The lowest BCUT2D eigenvalue weighted by molar-refractivity contribution is 0.0532. The fourth-order valence-corrected chi connectivity index (χ4v) is 2.97. The summed E-state index contributed by atoms with van der Waals surface area (Å²) in [7, 11) is 0. The standard InChI is InChI=1S/C19H30N2O3/c1-5-11-24-15-8-7-14(12-16(15)23-6-2)18(22)21-10-9-17(20)19(3,4)13-21/h7-8,12,17H,5-6,9-11,13,20H2,1-4H3. The maximum atomic E-state index is 12.9. The van der Waals surface area contributed by atoms with Crippen LogP contribution in [0.4, 0.5) is 0 Å². The predicted molar refractivity (Wildman–Crippen MR) is 95.7 cm³/mol. The summed E-state index contributed by atoms with van der Waals surface area (Å²) in [5.41, 5.74) is 6.73. The normalized spacial score (nSPS) is 19.9. The molecule has 0 radical (unpaired) electrons. The number of carbonyl (C=O) groups is 1. The molecule has 1 heterocycles. The lowest BCUT2D eigenvalue weighted by Gasteiger charge is -2.42. The molecule has 0 saturated carbocycles. The monoisotopic (exact) mass is 334 g/mol. The molecule has 1 unspecified atom stereocenters. The third-order valence-electron chi connectivity index (χ3n) is 4.55. The lowest BCUT2D eigenvalue weighted by Crippen LogP contribution is -2.54. The zero-order chi connectivity index (χ0) is 17.7. The summed E-state index contributed by atoms with van der Waals surface area (Å²) >= 11 is 0. The number of benzene rings is 1. The summed E-state index contributed by atoms with van der Waals surface area (Å²) in [5, 5.41) is 0. The SMILES string of the molecule is CCCOc1ccc(C(=O)N2CCC(N)C(C)(C)C2)cc1OCC. The van der Waals surface area contributed by atoms with Crippen LogP contribution in [0.1, 0.15) is 50.9 Å². The minimum atomic E-state index is -0.0686. The van der Waals surface area contributed by atoms with Gasteiger partial charge in [-0.1, -0.05) is 20.8 Å². The van der Waals surface area contributed by atoms with Crippen molar-refractivity contribution in [2.24, 2.45) is 11.1 Å². The van der Waals surface area contributed by atoms with E-state index in [0.717, 1.165) is 12.8 Å². The molecule has 24 heavy (non-hydrogen) atoms. The number of hydrogen-bond donors (Lipinski definition) is 1. The number of ether oxygens (including phenoxy) is 2. The van der Waals surface area contributed by atoms with Gasteiger partial charge in [0.1, 0.15) is 0 Å². The Morgan fingerprint density at radius 1 is 1.29 bits per heavy atom. The van der Waals surface area contributed by atoms with E-state index in [1.165, 1.54) is 0 Å². The van der Waals surface area contributed by atoms with Crippen LogP contribution in [-0.2, 0) is 0 Å². The summed E-state index contributed by atoms with van der Waals surface area (Å²) in [6, 6.07) is 5.56. The van der Waals surface area contributed by atoms with Crippen LogP contribution in [0.15, 0.2) is 18.2 Å². The summed E-state index contributed by atoms with van der Waals surface area (Å²) < 4.78 is 11.4. The fraction of sp³-hybridized carbons (Fsp3) is 0.632. The van der Waals surface area contributed by atoms with Crippen LogP contribution in [0.2, 0.25) is 0 Å². The van der Waals surface area contributed by atoms with E-state index in [9.17, 15) is 4.79 Å². The van der Waals surface area contributed by atoms with E-state index in [-0.39, 0.29) is 17.4 Å². The van der Waals surface area contributed by atoms with E-state index in [2.05, 4.69) is 20.8 Å². The third-order valence-corrected chi connectivity index (χ3v) is 4.55. The first-order valence-electron chi connectivity index (χ1n) is 8.83. The van der Waals surface area contributed by atoms with Gasteiger partial charge in [-0.05, 0) is 43.4 Å². The summed E-state index contributed by atoms with van der Waals surface area (Å²) in [6.07, 6.45) is 1.75. The minimum absolute atomic E-state index is 0.0259. The Balaban J connectivity index is 2.18. The highest BCUT2D eigenvalue weighted by atomic mass is 16.5. The molecule has 1 aromatic carbocycles. The predicted octanol–water partition coefficient (Wildman–Crippen LogP) is 3.07. The van der Waals surface area contributed by atoms with Gasteiger partial charge >= 0.3 is 0 Å². The Morgan fingerprint density at radius 3 is 2.67 bits per heavy atom. The Bertz CT molecular complexity index is 572. The number of carbonyl (C=O) groups excluding carboxylic acids is 1. The molecular weight excluding hydrogens is 304 g/mol. The average molecular weight is 334 g/mol. The summed E-state index contributed by atoms with van der Waals surface area (Å²) in [6.45, 7) is 10.7.